The molecule has 0 radical (unpaired) electrons. The first-order chi connectivity index (χ1) is 13.4. The number of carbonyl (C=O) groups is 2. The van der Waals surface area contributed by atoms with Crippen LogP contribution in [0.1, 0.15) is 30.0 Å². The van der Waals surface area contributed by atoms with Crippen LogP contribution >= 0.6 is 23.2 Å². The Balaban J connectivity index is 1.46. The van der Waals surface area contributed by atoms with Crippen LogP contribution in [-0.4, -0.2) is 30.0 Å². The number of urea groups is 1. The maximum atomic E-state index is 13.0. The molecule has 7 heteroatoms. The number of fused-ring (bicyclic) bond motifs is 1. The minimum atomic E-state index is -1.06. The number of hydrogen-bond acceptors (Lipinski definition) is 3. The summed E-state index contributed by atoms with van der Waals surface area (Å²) >= 11 is 12.0. The number of aryl methyl sites for hydroxylation is 2. The quantitative estimate of drug-likeness (QED) is 0.735. The van der Waals surface area contributed by atoms with Crippen molar-refractivity contribution < 1.29 is 14.3 Å². The standard InChI is InChI=1S/C21H20Cl2N2O3/c1-21(15-6-5-13-3-2-4-14(13)11-15)19(26)25(20(27)24-21)9-10-28-18-8-7-16(22)12-17(18)23/h5-8,11-12H,2-4,9-10H2,1H3,(H,24,27). The Bertz CT molecular complexity index is 963. The zero-order valence-corrected chi connectivity index (χ0v) is 16.9. The van der Waals surface area contributed by atoms with Crippen molar-refractivity contribution in [2.24, 2.45) is 0 Å². The molecule has 2 aliphatic rings. The average Bonchev–Trinajstić information content (AvgIpc) is 3.21. The van der Waals surface area contributed by atoms with Crippen molar-refractivity contribution in [3.05, 3.63) is 63.1 Å². The Morgan fingerprint density at radius 1 is 1.11 bits per heavy atom. The van der Waals surface area contributed by atoms with E-state index in [1.165, 1.54) is 16.0 Å². The number of amides is 3. The lowest BCUT2D eigenvalue weighted by molar-refractivity contribution is -0.131. The van der Waals surface area contributed by atoms with Crippen molar-refractivity contribution in [3.8, 4) is 5.75 Å². The molecule has 4 rings (SSSR count). The van der Waals surface area contributed by atoms with Gasteiger partial charge in [0.25, 0.3) is 5.91 Å². The molecule has 1 N–H and O–H groups in total. The van der Waals surface area contributed by atoms with Gasteiger partial charge in [-0.1, -0.05) is 41.4 Å². The highest BCUT2D eigenvalue weighted by atomic mass is 35.5. The van der Waals surface area contributed by atoms with Crippen molar-refractivity contribution in [1.82, 2.24) is 10.2 Å². The summed E-state index contributed by atoms with van der Waals surface area (Å²) in [7, 11) is 0. The summed E-state index contributed by atoms with van der Waals surface area (Å²) in [6.45, 7) is 2.02. The van der Waals surface area contributed by atoms with Gasteiger partial charge in [-0.3, -0.25) is 9.69 Å². The van der Waals surface area contributed by atoms with E-state index in [-0.39, 0.29) is 19.1 Å². The number of imide groups is 1. The normalized spacial score (nSPS) is 21.0. The summed E-state index contributed by atoms with van der Waals surface area (Å²) in [6.07, 6.45) is 3.22. The number of carbonyl (C=O) groups excluding carboxylic acids is 2. The van der Waals surface area contributed by atoms with Gasteiger partial charge >= 0.3 is 6.03 Å². The first-order valence-electron chi connectivity index (χ1n) is 9.23. The average molecular weight is 419 g/mol. The monoisotopic (exact) mass is 418 g/mol. The fraction of sp³-hybridized carbons (Fsp3) is 0.333. The number of benzene rings is 2. The number of halogens is 2. The Labute approximate surface area is 173 Å². The molecular formula is C21H20Cl2N2O3. The van der Waals surface area contributed by atoms with E-state index < -0.39 is 11.6 Å². The largest absolute Gasteiger partial charge is 0.490 e. The second-order valence-corrected chi connectivity index (χ2v) is 8.12. The Hall–Kier alpha value is -2.24. The third-order valence-electron chi connectivity index (χ3n) is 5.42. The van der Waals surface area contributed by atoms with Gasteiger partial charge in [0.2, 0.25) is 0 Å². The molecule has 1 atom stereocenters. The van der Waals surface area contributed by atoms with Crippen molar-refractivity contribution in [1.29, 1.82) is 0 Å². The van der Waals surface area contributed by atoms with Gasteiger partial charge in [0, 0.05) is 5.02 Å². The molecule has 0 spiro atoms. The van der Waals surface area contributed by atoms with E-state index in [2.05, 4.69) is 11.4 Å². The Morgan fingerprint density at radius 2 is 1.89 bits per heavy atom. The molecule has 1 unspecified atom stereocenters. The number of hydrogen-bond donors (Lipinski definition) is 1. The maximum Gasteiger partial charge on any atom is 0.325 e. The Morgan fingerprint density at radius 3 is 2.68 bits per heavy atom. The van der Waals surface area contributed by atoms with Crippen LogP contribution in [0.3, 0.4) is 0 Å². The van der Waals surface area contributed by atoms with Crippen molar-refractivity contribution in [2.75, 3.05) is 13.2 Å². The minimum absolute atomic E-state index is 0.129. The number of rotatable bonds is 5. The predicted molar refractivity (Wildman–Crippen MR) is 108 cm³/mol. The van der Waals surface area contributed by atoms with E-state index in [9.17, 15) is 9.59 Å². The summed E-state index contributed by atoms with van der Waals surface area (Å²) in [5, 5.41) is 3.74. The van der Waals surface area contributed by atoms with E-state index in [0.717, 1.165) is 24.8 Å². The molecule has 1 heterocycles. The van der Waals surface area contributed by atoms with Crippen LogP contribution in [-0.2, 0) is 23.2 Å². The summed E-state index contributed by atoms with van der Waals surface area (Å²) in [5.41, 5.74) is 2.34. The fourth-order valence-corrected chi connectivity index (χ4v) is 4.28. The molecule has 3 amide bonds. The fourth-order valence-electron chi connectivity index (χ4n) is 3.82. The van der Waals surface area contributed by atoms with Crippen molar-refractivity contribution >= 4 is 35.1 Å². The lowest BCUT2D eigenvalue weighted by atomic mass is 9.90. The van der Waals surface area contributed by atoms with Gasteiger partial charge in [-0.2, -0.15) is 0 Å². The van der Waals surface area contributed by atoms with Crippen LogP contribution in [0.15, 0.2) is 36.4 Å². The minimum Gasteiger partial charge on any atom is -0.490 e. The van der Waals surface area contributed by atoms with Crippen LogP contribution in [0.25, 0.3) is 0 Å². The lowest BCUT2D eigenvalue weighted by Crippen LogP contribution is -2.41. The zero-order chi connectivity index (χ0) is 19.9. The summed E-state index contributed by atoms with van der Waals surface area (Å²) in [5.74, 6) is 0.181. The summed E-state index contributed by atoms with van der Waals surface area (Å²) in [4.78, 5) is 26.7. The summed E-state index contributed by atoms with van der Waals surface area (Å²) < 4.78 is 5.62. The van der Waals surface area contributed by atoms with E-state index in [4.69, 9.17) is 27.9 Å². The van der Waals surface area contributed by atoms with Gasteiger partial charge in [0.05, 0.1) is 11.6 Å². The van der Waals surface area contributed by atoms with Crippen LogP contribution in [0.4, 0.5) is 4.79 Å². The highest BCUT2D eigenvalue weighted by Gasteiger charge is 2.49. The van der Waals surface area contributed by atoms with Crippen LogP contribution in [0.2, 0.25) is 10.0 Å². The molecule has 28 heavy (non-hydrogen) atoms. The first-order valence-corrected chi connectivity index (χ1v) is 9.98. The van der Waals surface area contributed by atoms with Gasteiger partial charge in [-0.05, 0) is 61.1 Å². The second-order valence-electron chi connectivity index (χ2n) is 7.27. The van der Waals surface area contributed by atoms with Crippen molar-refractivity contribution in [2.45, 2.75) is 31.7 Å². The molecule has 0 aromatic heterocycles. The molecular weight excluding hydrogens is 399 g/mol. The van der Waals surface area contributed by atoms with E-state index in [1.54, 1.807) is 25.1 Å². The van der Waals surface area contributed by atoms with Gasteiger partial charge < -0.3 is 10.1 Å². The van der Waals surface area contributed by atoms with Crippen molar-refractivity contribution in [3.63, 3.8) is 0 Å². The molecule has 1 aliphatic carbocycles. The van der Waals surface area contributed by atoms with Gasteiger partial charge in [-0.25, -0.2) is 4.79 Å². The van der Waals surface area contributed by atoms with Gasteiger partial charge in [0.1, 0.15) is 17.9 Å². The molecule has 2 aromatic carbocycles. The Kier molecular flexibility index (Phi) is 4.98. The number of nitrogens with zero attached hydrogens (tertiary/aromatic N) is 1. The molecule has 1 saturated heterocycles. The van der Waals surface area contributed by atoms with E-state index in [1.807, 2.05) is 12.1 Å². The third kappa shape index (κ3) is 3.33. The molecule has 146 valence electrons. The van der Waals surface area contributed by atoms with E-state index in [0.29, 0.717) is 15.8 Å². The molecule has 0 bridgehead atoms. The number of ether oxygens (including phenoxy) is 1. The zero-order valence-electron chi connectivity index (χ0n) is 15.4. The van der Waals surface area contributed by atoms with Gasteiger partial charge in [-0.15, -0.1) is 0 Å². The smallest absolute Gasteiger partial charge is 0.325 e. The van der Waals surface area contributed by atoms with Gasteiger partial charge in [0.15, 0.2) is 0 Å². The topological polar surface area (TPSA) is 58.6 Å². The second kappa shape index (κ2) is 7.30. The highest BCUT2D eigenvalue weighted by molar-refractivity contribution is 6.35. The molecule has 1 aliphatic heterocycles. The van der Waals surface area contributed by atoms with Crippen LogP contribution < -0.4 is 10.1 Å². The SMILES string of the molecule is CC1(c2ccc3c(c2)CCC3)NC(=O)N(CCOc2ccc(Cl)cc2Cl)C1=O. The van der Waals surface area contributed by atoms with Crippen LogP contribution in [0.5, 0.6) is 5.75 Å². The molecule has 1 fully saturated rings. The first kappa shape index (κ1) is 19.1. The van der Waals surface area contributed by atoms with E-state index >= 15 is 0 Å². The van der Waals surface area contributed by atoms with Crippen LogP contribution in [0, 0.1) is 0 Å². The highest BCUT2D eigenvalue weighted by Crippen LogP contribution is 2.33. The summed E-state index contributed by atoms with van der Waals surface area (Å²) in [6, 6.07) is 10.5. The molecule has 0 saturated carbocycles. The third-order valence-corrected chi connectivity index (χ3v) is 5.95. The molecule has 2 aromatic rings. The maximum absolute atomic E-state index is 13.0. The molecule has 5 nitrogen and oxygen atoms in total. The number of nitrogens with one attached hydrogen (secondary N) is 1. The predicted octanol–water partition coefficient (Wildman–Crippen LogP) is 4.33. The lowest BCUT2D eigenvalue weighted by Gasteiger charge is -2.23.